The van der Waals surface area contributed by atoms with Crippen LogP contribution in [0.5, 0.6) is 5.75 Å². The van der Waals surface area contributed by atoms with Crippen LogP contribution in [0.25, 0.3) is 0 Å². The summed E-state index contributed by atoms with van der Waals surface area (Å²) < 4.78 is 32.8. The van der Waals surface area contributed by atoms with Crippen LogP contribution < -0.4 is 14.8 Å². The lowest BCUT2D eigenvalue weighted by Crippen LogP contribution is -2.16. The molecular weight excluding hydrogens is 412 g/mol. The SMILES string of the molecule is COc1ccc(CC(=O)Nc2cccc(S(=O)(=O)Nc3ccccc3Cl)c2)cc1. The van der Waals surface area contributed by atoms with Crippen LogP contribution in [-0.2, 0) is 21.2 Å². The van der Waals surface area contributed by atoms with Gasteiger partial charge in [-0.1, -0.05) is 41.9 Å². The number of methoxy groups -OCH3 is 1. The normalized spacial score (nSPS) is 11.0. The van der Waals surface area contributed by atoms with E-state index in [2.05, 4.69) is 10.0 Å². The third kappa shape index (κ3) is 5.49. The summed E-state index contributed by atoms with van der Waals surface area (Å²) in [6, 6.07) is 19.7. The summed E-state index contributed by atoms with van der Waals surface area (Å²) in [6.07, 6.45) is 0.152. The maximum absolute atomic E-state index is 12.6. The highest BCUT2D eigenvalue weighted by atomic mass is 35.5. The van der Waals surface area contributed by atoms with Crippen molar-refractivity contribution in [2.24, 2.45) is 0 Å². The second-order valence-corrected chi connectivity index (χ2v) is 8.28. The Bertz CT molecular complexity index is 1120. The lowest BCUT2D eigenvalue weighted by molar-refractivity contribution is -0.115. The van der Waals surface area contributed by atoms with Crippen molar-refractivity contribution in [1.82, 2.24) is 0 Å². The first-order valence-corrected chi connectivity index (χ1v) is 10.5. The average molecular weight is 431 g/mol. The van der Waals surface area contributed by atoms with Crippen LogP contribution in [-0.4, -0.2) is 21.4 Å². The molecule has 0 bridgehead atoms. The molecule has 8 heteroatoms. The van der Waals surface area contributed by atoms with Gasteiger partial charge in [0.05, 0.1) is 29.1 Å². The predicted octanol–water partition coefficient (Wildman–Crippen LogP) is 4.33. The van der Waals surface area contributed by atoms with Crippen molar-refractivity contribution in [3.05, 3.63) is 83.4 Å². The smallest absolute Gasteiger partial charge is 0.262 e. The van der Waals surface area contributed by atoms with Crippen molar-refractivity contribution >= 4 is 38.9 Å². The van der Waals surface area contributed by atoms with Gasteiger partial charge in [0.1, 0.15) is 5.75 Å². The molecule has 0 aliphatic carbocycles. The van der Waals surface area contributed by atoms with Gasteiger partial charge in [0.15, 0.2) is 0 Å². The zero-order valence-corrected chi connectivity index (χ0v) is 17.1. The number of benzene rings is 3. The van der Waals surface area contributed by atoms with E-state index in [1.807, 2.05) is 0 Å². The number of amides is 1. The molecule has 3 aromatic rings. The molecule has 0 aliphatic rings. The third-order valence-electron chi connectivity index (χ3n) is 4.07. The van der Waals surface area contributed by atoms with E-state index in [1.165, 1.54) is 12.1 Å². The van der Waals surface area contributed by atoms with E-state index in [-0.39, 0.29) is 22.9 Å². The van der Waals surface area contributed by atoms with Crippen molar-refractivity contribution in [3.8, 4) is 5.75 Å². The number of carbonyl (C=O) groups excluding carboxylic acids is 1. The Hall–Kier alpha value is -3.03. The Morgan fingerprint density at radius 2 is 1.72 bits per heavy atom. The standard InChI is InChI=1S/C21H19ClN2O4S/c1-28-17-11-9-15(10-12-17)13-21(25)23-16-5-4-6-18(14-16)29(26,27)24-20-8-3-2-7-19(20)22/h2-12,14,24H,13H2,1H3,(H,23,25). The van der Waals surface area contributed by atoms with Crippen molar-refractivity contribution in [2.75, 3.05) is 17.1 Å². The molecule has 1 amide bonds. The first kappa shape index (κ1) is 20.7. The number of nitrogens with one attached hydrogen (secondary N) is 2. The number of sulfonamides is 1. The second-order valence-electron chi connectivity index (χ2n) is 6.19. The Labute approximate surface area is 174 Å². The number of hydrogen-bond donors (Lipinski definition) is 2. The van der Waals surface area contributed by atoms with E-state index >= 15 is 0 Å². The molecule has 29 heavy (non-hydrogen) atoms. The van der Waals surface area contributed by atoms with Crippen LogP contribution in [0.2, 0.25) is 5.02 Å². The monoisotopic (exact) mass is 430 g/mol. The number of carbonyl (C=O) groups is 1. The Morgan fingerprint density at radius 3 is 2.41 bits per heavy atom. The van der Waals surface area contributed by atoms with Gasteiger partial charge in [-0.05, 0) is 48.0 Å². The third-order valence-corrected chi connectivity index (χ3v) is 5.76. The lowest BCUT2D eigenvalue weighted by Gasteiger charge is -2.11. The highest BCUT2D eigenvalue weighted by molar-refractivity contribution is 7.92. The highest BCUT2D eigenvalue weighted by Crippen LogP contribution is 2.25. The first-order valence-electron chi connectivity index (χ1n) is 8.67. The first-order chi connectivity index (χ1) is 13.9. The molecule has 0 spiro atoms. The van der Waals surface area contributed by atoms with Gasteiger partial charge in [0, 0.05) is 5.69 Å². The largest absolute Gasteiger partial charge is 0.497 e. The van der Waals surface area contributed by atoms with E-state index in [4.69, 9.17) is 16.3 Å². The van der Waals surface area contributed by atoms with Gasteiger partial charge in [-0.3, -0.25) is 9.52 Å². The van der Waals surface area contributed by atoms with Gasteiger partial charge in [0.25, 0.3) is 10.0 Å². The number of halogens is 1. The Balaban J connectivity index is 1.71. The van der Waals surface area contributed by atoms with E-state index in [0.29, 0.717) is 16.5 Å². The van der Waals surface area contributed by atoms with Crippen molar-refractivity contribution < 1.29 is 17.9 Å². The fraction of sp³-hybridized carbons (Fsp3) is 0.0952. The molecule has 0 saturated heterocycles. The molecule has 0 unspecified atom stereocenters. The molecule has 0 radical (unpaired) electrons. The number of hydrogen-bond acceptors (Lipinski definition) is 4. The van der Waals surface area contributed by atoms with Gasteiger partial charge >= 0.3 is 0 Å². The molecule has 0 heterocycles. The fourth-order valence-corrected chi connectivity index (χ4v) is 3.99. The van der Waals surface area contributed by atoms with Crippen LogP contribution >= 0.6 is 11.6 Å². The average Bonchev–Trinajstić information content (AvgIpc) is 2.70. The summed E-state index contributed by atoms with van der Waals surface area (Å²) >= 11 is 6.02. The van der Waals surface area contributed by atoms with E-state index in [0.717, 1.165) is 5.56 Å². The van der Waals surface area contributed by atoms with Crippen LogP contribution in [0.3, 0.4) is 0 Å². The summed E-state index contributed by atoms with van der Waals surface area (Å²) in [5.41, 5.74) is 1.47. The van der Waals surface area contributed by atoms with E-state index in [9.17, 15) is 13.2 Å². The van der Waals surface area contributed by atoms with Crippen LogP contribution in [0.4, 0.5) is 11.4 Å². The molecule has 6 nitrogen and oxygen atoms in total. The molecular formula is C21H19ClN2O4S. The minimum absolute atomic E-state index is 0.0136. The summed E-state index contributed by atoms with van der Waals surface area (Å²) in [5.74, 6) is 0.446. The summed E-state index contributed by atoms with van der Waals surface area (Å²) in [7, 11) is -2.29. The molecule has 0 aromatic heterocycles. The summed E-state index contributed by atoms with van der Waals surface area (Å²) in [5, 5.41) is 3.01. The van der Waals surface area contributed by atoms with Gasteiger partial charge < -0.3 is 10.1 Å². The van der Waals surface area contributed by atoms with Crippen LogP contribution in [0.15, 0.2) is 77.7 Å². The van der Waals surface area contributed by atoms with E-state index in [1.54, 1.807) is 67.8 Å². The van der Waals surface area contributed by atoms with Crippen molar-refractivity contribution in [1.29, 1.82) is 0 Å². The van der Waals surface area contributed by atoms with Crippen molar-refractivity contribution in [3.63, 3.8) is 0 Å². The number of anilines is 2. The Morgan fingerprint density at radius 1 is 1.00 bits per heavy atom. The fourth-order valence-electron chi connectivity index (χ4n) is 2.62. The van der Waals surface area contributed by atoms with Gasteiger partial charge in [-0.25, -0.2) is 8.42 Å². The number of para-hydroxylation sites is 1. The second kappa shape index (κ2) is 8.98. The van der Waals surface area contributed by atoms with Gasteiger partial charge in [-0.15, -0.1) is 0 Å². The zero-order valence-electron chi connectivity index (χ0n) is 15.6. The molecule has 0 atom stereocenters. The maximum Gasteiger partial charge on any atom is 0.262 e. The zero-order chi connectivity index (χ0) is 20.9. The number of rotatable bonds is 7. The summed E-state index contributed by atoms with van der Waals surface area (Å²) in [6.45, 7) is 0. The van der Waals surface area contributed by atoms with E-state index < -0.39 is 10.0 Å². The minimum Gasteiger partial charge on any atom is -0.497 e. The predicted molar refractivity (Wildman–Crippen MR) is 114 cm³/mol. The highest BCUT2D eigenvalue weighted by Gasteiger charge is 2.16. The molecule has 3 rings (SSSR count). The molecule has 3 aromatic carbocycles. The number of ether oxygens (including phenoxy) is 1. The van der Waals surface area contributed by atoms with Crippen molar-refractivity contribution in [2.45, 2.75) is 11.3 Å². The quantitative estimate of drug-likeness (QED) is 0.584. The van der Waals surface area contributed by atoms with Gasteiger partial charge in [0.2, 0.25) is 5.91 Å². The minimum atomic E-state index is -3.86. The molecule has 2 N–H and O–H groups in total. The topological polar surface area (TPSA) is 84.5 Å². The molecule has 0 saturated carbocycles. The lowest BCUT2D eigenvalue weighted by atomic mass is 10.1. The molecule has 0 fully saturated rings. The van der Waals surface area contributed by atoms with Crippen LogP contribution in [0.1, 0.15) is 5.56 Å². The van der Waals surface area contributed by atoms with Gasteiger partial charge in [-0.2, -0.15) is 0 Å². The summed E-state index contributed by atoms with van der Waals surface area (Å²) in [4.78, 5) is 12.3. The molecule has 0 aliphatic heterocycles. The maximum atomic E-state index is 12.6. The Kier molecular flexibility index (Phi) is 6.41. The van der Waals surface area contributed by atoms with Crippen LogP contribution in [0, 0.1) is 0 Å². The molecule has 150 valence electrons.